The van der Waals surface area contributed by atoms with Crippen molar-refractivity contribution in [2.75, 3.05) is 11.9 Å². The number of hydrogen-bond donors (Lipinski definition) is 4. The number of pyridine rings is 1. The van der Waals surface area contributed by atoms with E-state index in [4.69, 9.17) is 10.2 Å². The van der Waals surface area contributed by atoms with Crippen LogP contribution in [0.5, 0.6) is 0 Å². The van der Waals surface area contributed by atoms with Gasteiger partial charge >= 0.3 is 12.0 Å². The average Bonchev–Trinajstić information content (AvgIpc) is 2.32. The maximum Gasteiger partial charge on any atom is 0.332 e. The van der Waals surface area contributed by atoms with Gasteiger partial charge in [-0.1, -0.05) is 0 Å². The zero-order valence-electron chi connectivity index (χ0n) is 9.88. The molecule has 0 saturated carbocycles. The Bertz CT molecular complexity index is 419. The summed E-state index contributed by atoms with van der Waals surface area (Å²) >= 11 is 0. The van der Waals surface area contributed by atoms with Crippen molar-refractivity contribution < 1.29 is 19.8 Å². The second-order valence-electron chi connectivity index (χ2n) is 3.71. The highest BCUT2D eigenvalue weighted by Gasteiger charge is 2.12. The molecule has 1 aromatic rings. The topological polar surface area (TPSA) is 112 Å². The number of aromatic nitrogens is 1. The Morgan fingerprint density at radius 2 is 2.17 bits per heavy atom. The summed E-state index contributed by atoms with van der Waals surface area (Å²) in [5.74, 6) is -1.31. The zero-order valence-corrected chi connectivity index (χ0v) is 9.88. The fourth-order valence-corrected chi connectivity index (χ4v) is 1.16. The number of nitrogens with zero attached hydrogens (tertiary/aromatic N) is 1. The van der Waals surface area contributed by atoms with Gasteiger partial charge in [-0.2, -0.15) is 0 Å². The van der Waals surface area contributed by atoms with Gasteiger partial charge in [-0.15, -0.1) is 0 Å². The summed E-state index contributed by atoms with van der Waals surface area (Å²) in [6, 6.07) is 2.98. The third kappa shape index (κ3) is 4.79. The minimum absolute atomic E-state index is 0.0467. The van der Waals surface area contributed by atoms with E-state index in [1.54, 1.807) is 12.1 Å². The molecule has 2 amide bonds. The molecule has 1 rings (SSSR count). The van der Waals surface area contributed by atoms with Gasteiger partial charge < -0.3 is 20.8 Å². The number of aliphatic hydroxyl groups is 1. The number of hydrogen-bond acceptors (Lipinski definition) is 4. The van der Waals surface area contributed by atoms with Crippen LogP contribution in [0.4, 0.5) is 10.5 Å². The molecule has 0 radical (unpaired) electrons. The Kier molecular flexibility index (Phi) is 5.06. The third-order valence-electron chi connectivity index (χ3n) is 2.16. The molecule has 0 aliphatic rings. The Hall–Kier alpha value is -2.15. The van der Waals surface area contributed by atoms with Gasteiger partial charge in [0.15, 0.2) is 6.10 Å². The number of anilines is 1. The smallest absolute Gasteiger partial charge is 0.332 e. The lowest BCUT2D eigenvalue weighted by Crippen LogP contribution is -2.33. The predicted molar refractivity (Wildman–Crippen MR) is 64.3 cm³/mol. The summed E-state index contributed by atoms with van der Waals surface area (Å²) in [6.07, 6.45) is 0.00181. The van der Waals surface area contributed by atoms with E-state index in [1.165, 1.54) is 6.20 Å². The number of aliphatic carboxylic acids is 1. The van der Waals surface area contributed by atoms with Gasteiger partial charge in [-0.3, -0.25) is 4.98 Å². The lowest BCUT2D eigenvalue weighted by Gasteiger charge is -2.08. The van der Waals surface area contributed by atoms with Gasteiger partial charge in [0.2, 0.25) is 0 Å². The predicted octanol–water partition coefficient (Wildman–Crippen LogP) is 0.347. The number of urea groups is 1. The van der Waals surface area contributed by atoms with Crippen LogP contribution in [0.15, 0.2) is 18.3 Å². The Balaban J connectivity index is 2.30. The number of rotatable bonds is 5. The van der Waals surface area contributed by atoms with Crippen molar-refractivity contribution in [1.82, 2.24) is 10.3 Å². The molecular formula is C11H15N3O4. The number of carbonyl (C=O) groups is 2. The number of aryl methyl sites for hydroxylation is 1. The number of carboxylic acid groups (broad SMARTS) is 1. The molecule has 1 aromatic heterocycles. The van der Waals surface area contributed by atoms with Crippen LogP contribution in [0.2, 0.25) is 0 Å². The summed E-state index contributed by atoms with van der Waals surface area (Å²) in [7, 11) is 0. The SMILES string of the molecule is Cc1ccc(NC(=O)NCC[C@H](O)C(=O)O)cn1. The van der Waals surface area contributed by atoms with E-state index in [2.05, 4.69) is 15.6 Å². The molecule has 1 heterocycles. The lowest BCUT2D eigenvalue weighted by molar-refractivity contribution is -0.146. The van der Waals surface area contributed by atoms with Gasteiger partial charge in [-0.05, 0) is 19.1 Å². The van der Waals surface area contributed by atoms with Gasteiger partial charge in [0.25, 0.3) is 0 Å². The highest BCUT2D eigenvalue weighted by Crippen LogP contribution is 2.04. The normalized spacial score (nSPS) is 11.7. The molecule has 7 heteroatoms. The molecule has 0 unspecified atom stereocenters. The quantitative estimate of drug-likeness (QED) is 0.605. The van der Waals surface area contributed by atoms with E-state index in [1.807, 2.05) is 6.92 Å². The van der Waals surface area contributed by atoms with Crippen molar-refractivity contribution in [2.24, 2.45) is 0 Å². The first-order chi connectivity index (χ1) is 8.49. The molecule has 0 spiro atoms. The first-order valence-electron chi connectivity index (χ1n) is 5.37. The van der Waals surface area contributed by atoms with Gasteiger partial charge in [0.1, 0.15) is 0 Å². The first-order valence-corrected chi connectivity index (χ1v) is 5.37. The van der Waals surface area contributed by atoms with Crippen LogP contribution in [0, 0.1) is 6.92 Å². The van der Waals surface area contributed by atoms with E-state index in [0.29, 0.717) is 5.69 Å². The number of nitrogens with one attached hydrogen (secondary N) is 2. The van der Waals surface area contributed by atoms with Crippen molar-refractivity contribution in [3.8, 4) is 0 Å². The van der Waals surface area contributed by atoms with Gasteiger partial charge in [0, 0.05) is 18.7 Å². The maximum atomic E-state index is 11.4. The van der Waals surface area contributed by atoms with Gasteiger partial charge in [-0.25, -0.2) is 9.59 Å². The molecule has 1 atom stereocenters. The monoisotopic (exact) mass is 253 g/mol. The molecule has 4 N–H and O–H groups in total. The summed E-state index contributed by atoms with van der Waals surface area (Å²) in [5, 5.41) is 22.4. The van der Waals surface area contributed by atoms with E-state index in [0.717, 1.165) is 5.69 Å². The van der Waals surface area contributed by atoms with Crippen LogP contribution in [-0.4, -0.2) is 39.8 Å². The molecule has 0 bridgehead atoms. The summed E-state index contributed by atoms with van der Waals surface area (Å²) in [6.45, 7) is 1.90. The Labute approximate surface area is 104 Å². The van der Waals surface area contributed by atoms with Crippen molar-refractivity contribution >= 4 is 17.7 Å². The summed E-state index contributed by atoms with van der Waals surface area (Å²) in [4.78, 5) is 25.7. The first kappa shape index (κ1) is 13.9. The second kappa shape index (κ2) is 6.55. The fourth-order valence-electron chi connectivity index (χ4n) is 1.16. The van der Waals surface area contributed by atoms with E-state index in [9.17, 15) is 9.59 Å². The van der Waals surface area contributed by atoms with Crippen LogP contribution in [0.3, 0.4) is 0 Å². The number of carbonyl (C=O) groups excluding carboxylic acids is 1. The van der Waals surface area contributed by atoms with Crippen molar-refractivity contribution in [3.63, 3.8) is 0 Å². The molecule has 0 fully saturated rings. The Morgan fingerprint density at radius 3 is 2.72 bits per heavy atom. The van der Waals surface area contributed by atoms with E-state index >= 15 is 0 Å². The summed E-state index contributed by atoms with van der Waals surface area (Å²) < 4.78 is 0. The van der Waals surface area contributed by atoms with Crippen LogP contribution in [0.25, 0.3) is 0 Å². The lowest BCUT2D eigenvalue weighted by atomic mass is 10.2. The van der Waals surface area contributed by atoms with Crippen molar-refractivity contribution in [1.29, 1.82) is 0 Å². The standard InChI is InChI=1S/C11H15N3O4/c1-7-2-3-8(6-13-7)14-11(18)12-5-4-9(15)10(16)17/h2-3,6,9,15H,4-5H2,1H3,(H,16,17)(H2,12,14,18)/t9-/m0/s1. The minimum atomic E-state index is -1.47. The number of carboxylic acids is 1. The van der Waals surface area contributed by atoms with E-state index < -0.39 is 18.1 Å². The van der Waals surface area contributed by atoms with Crippen LogP contribution in [-0.2, 0) is 4.79 Å². The zero-order chi connectivity index (χ0) is 13.5. The average molecular weight is 253 g/mol. The molecule has 0 aliphatic heterocycles. The largest absolute Gasteiger partial charge is 0.479 e. The van der Waals surface area contributed by atoms with Crippen LogP contribution < -0.4 is 10.6 Å². The van der Waals surface area contributed by atoms with Gasteiger partial charge in [0.05, 0.1) is 11.9 Å². The van der Waals surface area contributed by atoms with Crippen molar-refractivity contribution in [2.45, 2.75) is 19.4 Å². The maximum absolute atomic E-state index is 11.4. The number of aliphatic hydroxyl groups excluding tert-OH is 1. The fraction of sp³-hybridized carbons (Fsp3) is 0.364. The molecule has 0 saturated heterocycles. The molecular weight excluding hydrogens is 238 g/mol. The molecule has 7 nitrogen and oxygen atoms in total. The van der Waals surface area contributed by atoms with Crippen LogP contribution in [0.1, 0.15) is 12.1 Å². The number of amides is 2. The highest BCUT2D eigenvalue weighted by atomic mass is 16.4. The molecule has 18 heavy (non-hydrogen) atoms. The minimum Gasteiger partial charge on any atom is -0.479 e. The summed E-state index contributed by atoms with van der Waals surface area (Å²) in [5.41, 5.74) is 1.38. The van der Waals surface area contributed by atoms with E-state index in [-0.39, 0.29) is 13.0 Å². The third-order valence-corrected chi connectivity index (χ3v) is 2.16. The molecule has 0 aliphatic carbocycles. The van der Waals surface area contributed by atoms with Crippen molar-refractivity contribution in [3.05, 3.63) is 24.0 Å². The Morgan fingerprint density at radius 1 is 1.44 bits per heavy atom. The molecule has 98 valence electrons. The second-order valence-corrected chi connectivity index (χ2v) is 3.71. The highest BCUT2D eigenvalue weighted by molar-refractivity contribution is 5.89. The van der Waals surface area contributed by atoms with Crippen LogP contribution >= 0.6 is 0 Å². The molecule has 0 aromatic carbocycles.